The number of benzene rings is 3. The number of para-hydroxylation sites is 3. The van der Waals surface area contributed by atoms with Gasteiger partial charge in [0.15, 0.2) is 0 Å². The molecule has 2 N–H and O–H groups in total. The first-order chi connectivity index (χ1) is 14.8. The Labute approximate surface area is 180 Å². The largest absolute Gasteiger partial charge is 0.338 e. The van der Waals surface area contributed by atoms with Crippen LogP contribution in [0, 0.1) is 6.92 Å². The van der Waals surface area contributed by atoms with Crippen LogP contribution in [0.25, 0.3) is 22.4 Å². The number of aryl methyl sites for hydroxylation is 1. The molecule has 0 aliphatic heterocycles. The molecule has 4 rings (SSSR count). The third kappa shape index (κ3) is 4.59. The van der Waals surface area contributed by atoms with Crippen LogP contribution in [-0.2, 0) is 14.8 Å². The Morgan fingerprint density at radius 3 is 2.35 bits per heavy atom. The van der Waals surface area contributed by atoms with Crippen molar-refractivity contribution in [3.05, 3.63) is 78.4 Å². The van der Waals surface area contributed by atoms with Crippen molar-refractivity contribution in [2.75, 3.05) is 22.4 Å². The molecule has 7 nitrogen and oxygen atoms in total. The highest BCUT2D eigenvalue weighted by atomic mass is 32.2. The van der Waals surface area contributed by atoms with Crippen molar-refractivity contribution >= 4 is 38.3 Å². The summed E-state index contributed by atoms with van der Waals surface area (Å²) in [5.41, 5.74) is 4.55. The van der Waals surface area contributed by atoms with E-state index in [1.54, 1.807) is 24.3 Å². The van der Waals surface area contributed by atoms with Gasteiger partial charge in [0.1, 0.15) is 12.4 Å². The van der Waals surface area contributed by atoms with Crippen LogP contribution in [0.4, 0.5) is 11.4 Å². The molecule has 158 valence electrons. The number of amides is 1. The summed E-state index contributed by atoms with van der Waals surface area (Å²) in [5.74, 6) is 0.312. The number of fused-ring (bicyclic) bond motifs is 1. The lowest BCUT2D eigenvalue weighted by Crippen LogP contribution is -2.37. The predicted octanol–water partition coefficient (Wildman–Crippen LogP) is 3.94. The molecule has 0 unspecified atom stereocenters. The molecule has 1 amide bonds. The van der Waals surface area contributed by atoms with Crippen molar-refractivity contribution in [3.63, 3.8) is 0 Å². The highest BCUT2D eigenvalue weighted by molar-refractivity contribution is 7.92. The van der Waals surface area contributed by atoms with Gasteiger partial charge in [-0.3, -0.25) is 9.10 Å². The Morgan fingerprint density at radius 2 is 1.68 bits per heavy atom. The van der Waals surface area contributed by atoms with Crippen LogP contribution in [0.2, 0.25) is 0 Å². The van der Waals surface area contributed by atoms with Crippen molar-refractivity contribution in [2.24, 2.45) is 0 Å². The van der Waals surface area contributed by atoms with Crippen molar-refractivity contribution in [3.8, 4) is 11.4 Å². The second kappa shape index (κ2) is 8.23. The van der Waals surface area contributed by atoms with Gasteiger partial charge in [-0.05, 0) is 55.0 Å². The van der Waals surface area contributed by atoms with E-state index >= 15 is 0 Å². The lowest BCUT2D eigenvalue weighted by molar-refractivity contribution is -0.114. The molecule has 1 aromatic heterocycles. The van der Waals surface area contributed by atoms with Crippen LogP contribution in [0.3, 0.4) is 0 Å². The van der Waals surface area contributed by atoms with Gasteiger partial charge in [-0.1, -0.05) is 30.3 Å². The number of rotatable bonds is 6. The summed E-state index contributed by atoms with van der Waals surface area (Å²) >= 11 is 0. The Morgan fingerprint density at radius 1 is 1.00 bits per heavy atom. The van der Waals surface area contributed by atoms with E-state index in [-0.39, 0.29) is 6.54 Å². The molecule has 4 aromatic rings. The summed E-state index contributed by atoms with van der Waals surface area (Å²) in [5, 5.41) is 2.76. The summed E-state index contributed by atoms with van der Waals surface area (Å²) in [6.45, 7) is 1.50. The molecular formula is C23H22N4O3S. The third-order valence-electron chi connectivity index (χ3n) is 4.90. The summed E-state index contributed by atoms with van der Waals surface area (Å²) in [7, 11) is -3.62. The number of hydrogen-bond donors (Lipinski definition) is 2. The lowest BCUT2D eigenvalue weighted by Gasteiger charge is -2.23. The number of aromatic amines is 1. The maximum atomic E-state index is 12.6. The van der Waals surface area contributed by atoms with Crippen LogP contribution < -0.4 is 9.62 Å². The highest BCUT2D eigenvalue weighted by Crippen LogP contribution is 2.24. The molecule has 0 fully saturated rings. The Balaban J connectivity index is 1.49. The predicted molar refractivity (Wildman–Crippen MR) is 124 cm³/mol. The van der Waals surface area contributed by atoms with Crippen LogP contribution in [0.5, 0.6) is 0 Å². The molecule has 0 saturated heterocycles. The van der Waals surface area contributed by atoms with E-state index in [1.165, 1.54) is 0 Å². The van der Waals surface area contributed by atoms with E-state index in [0.29, 0.717) is 11.4 Å². The first kappa shape index (κ1) is 20.6. The van der Waals surface area contributed by atoms with Crippen molar-refractivity contribution in [2.45, 2.75) is 6.92 Å². The van der Waals surface area contributed by atoms with Gasteiger partial charge in [0.25, 0.3) is 0 Å². The van der Waals surface area contributed by atoms with E-state index in [0.717, 1.165) is 38.5 Å². The number of hydrogen-bond acceptors (Lipinski definition) is 4. The maximum Gasteiger partial charge on any atom is 0.245 e. The number of imidazole rings is 1. The van der Waals surface area contributed by atoms with Crippen molar-refractivity contribution in [1.82, 2.24) is 9.97 Å². The minimum absolute atomic E-state index is 0.311. The fraction of sp³-hybridized carbons (Fsp3) is 0.130. The minimum Gasteiger partial charge on any atom is -0.338 e. The van der Waals surface area contributed by atoms with Crippen molar-refractivity contribution in [1.29, 1.82) is 0 Å². The second-order valence-corrected chi connectivity index (χ2v) is 9.19. The van der Waals surface area contributed by atoms with Gasteiger partial charge in [-0.2, -0.15) is 0 Å². The normalized spacial score (nSPS) is 11.4. The molecule has 1 heterocycles. The average molecular weight is 435 g/mol. The molecule has 0 saturated carbocycles. The van der Waals surface area contributed by atoms with Crippen molar-refractivity contribution < 1.29 is 13.2 Å². The van der Waals surface area contributed by atoms with E-state index in [2.05, 4.69) is 15.3 Å². The van der Waals surface area contributed by atoms with E-state index < -0.39 is 15.9 Å². The summed E-state index contributed by atoms with van der Waals surface area (Å²) in [4.78, 5) is 20.4. The van der Waals surface area contributed by atoms with E-state index in [1.807, 2.05) is 55.5 Å². The number of sulfonamides is 1. The maximum absolute atomic E-state index is 12.6. The molecule has 31 heavy (non-hydrogen) atoms. The Hall–Kier alpha value is -3.65. The molecular weight excluding hydrogens is 412 g/mol. The number of carbonyl (C=O) groups excluding carboxylic acids is 1. The SMILES string of the molecule is Cc1ccccc1N(CC(=O)Nc1ccc(-c2nc3ccccc3[nH]2)cc1)S(C)(=O)=O. The first-order valence-electron chi connectivity index (χ1n) is 9.69. The van der Waals surface area contributed by atoms with Gasteiger partial charge in [-0.25, -0.2) is 13.4 Å². The molecule has 8 heteroatoms. The zero-order valence-electron chi connectivity index (χ0n) is 17.2. The van der Waals surface area contributed by atoms with Gasteiger partial charge in [-0.15, -0.1) is 0 Å². The van der Waals surface area contributed by atoms with E-state index in [4.69, 9.17) is 0 Å². The summed E-state index contributed by atoms with van der Waals surface area (Å²) < 4.78 is 25.7. The third-order valence-corrected chi connectivity index (χ3v) is 6.03. The Bertz CT molecular complexity index is 1310. The monoisotopic (exact) mass is 434 g/mol. The van der Waals surface area contributed by atoms with Gasteiger partial charge >= 0.3 is 0 Å². The minimum atomic E-state index is -3.62. The standard InChI is InChI=1S/C23H22N4O3S/c1-16-7-3-6-10-21(16)27(31(2,29)30)15-22(28)24-18-13-11-17(12-14-18)23-25-19-8-4-5-9-20(19)26-23/h3-14H,15H2,1-2H3,(H,24,28)(H,25,26). The van der Waals surface area contributed by atoms with Gasteiger partial charge < -0.3 is 10.3 Å². The number of aromatic nitrogens is 2. The number of nitrogens with one attached hydrogen (secondary N) is 2. The zero-order chi connectivity index (χ0) is 22.0. The van der Waals surface area contributed by atoms with Crippen LogP contribution >= 0.6 is 0 Å². The van der Waals surface area contributed by atoms with Gasteiger partial charge in [0.2, 0.25) is 15.9 Å². The summed E-state index contributed by atoms with van der Waals surface area (Å²) in [6, 6.07) is 22.1. The molecule has 0 spiro atoms. The zero-order valence-corrected chi connectivity index (χ0v) is 18.0. The quantitative estimate of drug-likeness (QED) is 0.480. The first-order valence-corrected chi connectivity index (χ1v) is 11.5. The fourth-order valence-corrected chi connectivity index (χ4v) is 4.27. The molecule has 0 radical (unpaired) electrons. The van der Waals surface area contributed by atoms with Crippen LogP contribution in [0.15, 0.2) is 72.8 Å². The average Bonchev–Trinajstić information content (AvgIpc) is 3.17. The fourth-order valence-electron chi connectivity index (χ4n) is 3.36. The molecule has 0 bridgehead atoms. The van der Waals surface area contributed by atoms with Gasteiger partial charge in [0.05, 0.1) is 23.0 Å². The lowest BCUT2D eigenvalue weighted by atomic mass is 10.2. The molecule has 0 aliphatic carbocycles. The highest BCUT2D eigenvalue weighted by Gasteiger charge is 2.22. The number of anilines is 2. The van der Waals surface area contributed by atoms with Crippen LogP contribution in [0.1, 0.15) is 5.56 Å². The van der Waals surface area contributed by atoms with E-state index in [9.17, 15) is 13.2 Å². The summed E-state index contributed by atoms with van der Waals surface area (Å²) in [6.07, 6.45) is 1.09. The second-order valence-electron chi connectivity index (χ2n) is 7.28. The topological polar surface area (TPSA) is 95.2 Å². The number of carbonyl (C=O) groups is 1. The number of nitrogens with zero attached hydrogens (tertiary/aromatic N) is 2. The van der Waals surface area contributed by atoms with Crippen LogP contribution in [-0.4, -0.2) is 37.1 Å². The molecule has 0 atom stereocenters. The molecule has 0 aliphatic rings. The molecule has 3 aromatic carbocycles. The van der Waals surface area contributed by atoms with Gasteiger partial charge in [0, 0.05) is 11.3 Å². The smallest absolute Gasteiger partial charge is 0.245 e. The Kier molecular flexibility index (Phi) is 5.48. The number of H-pyrrole nitrogens is 1.